The highest BCUT2D eigenvalue weighted by Crippen LogP contribution is 2.65. The summed E-state index contributed by atoms with van der Waals surface area (Å²) in [6.45, 7) is 2.23. The van der Waals surface area contributed by atoms with Crippen molar-refractivity contribution in [3.05, 3.63) is 191 Å². The Kier molecular flexibility index (Phi) is 7.32. The van der Waals surface area contributed by atoms with Crippen LogP contribution in [0.1, 0.15) is 41.2 Å². The average Bonchev–Trinajstić information content (AvgIpc) is 4.05. The lowest BCUT2D eigenvalue weighted by Gasteiger charge is -2.31. The van der Waals surface area contributed by atoms with Gasteiger partial charge in [0.1, 0.15) is 12.2 Å². The van der Waals surface area contributed by atoms with Crippen molar-refractivity contribution >= 4 is 38.5 Å². The molecule has 7 heteroatoms. The Hall–Kier alpha value is -7.40. The minimum absolute atomic E-state index is 0.152. The van der Waals surface area contributed by atoms with E-state index >= 15 is 0 Å². The van der Waals surface area contributed by atoms with E-state index in [1.807, 2.05) is 66.0 Å². The summed E-state index contributed by atoms with van der Waals surface area (Å²) in [4.78, 5) is 17.7. The predicted molar refractivity (Wildman–Crippen MR) is 239 cm³/mol. The fraction of sp³-hybridized carbons (Fsp3) is 0.0769. The second-order valence-corrected chi connectivity index (χ2v) is 16.3. The van der Waals surface area contributed by atoms with Gasteiger partial charge in [-0.3, -0.25) is 0 Å². The van der Waals surface area contributed by atoms with Crippen LogP contribution in [0.5, 0.6) is 0 Å². The Morgan fingerprint density at radius 1 is 0.627 bits per heavy atom. The molecule has 3 aliphatic rings. The van der Waals surface area contributed by atoms with Gasteiger partial charge in [0, 0.05) is 37.8 Å². The topological polar surface area (TPSA) is 77.7 Å². The molecule has 1 spiro atoms. The van der Waals surface area contributed by atoms with Crippen molar-refractivity contribution in [2.24, 2.45) is 0 Å². The third-order valence-corrected chi connectivity index (χ3v) is 13.4. The Morgan fingerprint density at radius 3 is 2.00 bits per heavy atom. The van der Waals surface area contributed by atoms with E-state index in [1.54, 1.807) is 11.3 Å². The molecule has 59 heavy (non-hydrogen) atoms. The zero-order valence-corrected chi connectivity index (χ0v) is 32.8. The number of hydrogen-bond acceptors (Lipinski definition) is 7. The lowest BCUT2D eigenvalue weighted by atomic mass is 9.70. The zero-order chi connectivity index (χ0) is 39.2. The lowest BCUT2D eigenvalue weighted by Crippen LogP contribution is -2.31. The second-order valence-electron chi connectivity index (χ2n) is 15.4. The van der Waals surface area contributed by atoms with E-state index in [0.717, 1.165) is 55.7 Å². The van der Waals surface area contributed by atoms with Gasteiger partial charge in [-0.05, 0) is 87.3 Å². The number of thiophene rings is 1. The van der Waals surface area contributed by atoms with E-state index in [-0.39, 0.29) is 6.17 Å². The van der Waals surface area contributed by atoms with Crippen LogP contribution in [-0.2, 0) is 5.41 Å². The number of hydrogen-bond donors (Lipinski definition) is 1. The molecule has 2 aromatic heterocycles. The van der Waals surface area contributed by atoms with E-state index in [4.69, 9.17) is 15.0 Å². The Balaban J connectivity index is 1.11. The maximum absolute atomic E-state index is 10.6. The first-order chi connectivity index (χ1) is 29.1. The molecule has 6 nitrogen and oxygen atoms in total. The van der Waals surface area contributed by atoms with Gasteiger partial charge in [-0.15, -0.1) is 11.3 Å². The number of anilines is 3. The number of rotatable bonds is 5. The summed E-state index contributed by atoms with van der Waals surface area (Å²) >= 11 is 1.63. The van der Waals surface area contributed by atoms with E-state index in [1.165, 1.54) is 39.1 Å². The molecule has 0 radical (unpaired) electrons. The maximum atomic E-state index is 10.6. The van der Waals surface area contributed by atoms with Crippen LogP contribution in [0.3, 0.4) is 0 Å². The van der Waals surface area contributed by atoms with Gasteiger partial charge < -0.3 is 10.2 Å². The van der Waals surface area contributed by atoms with E-state index < -0.39 is 5.41 Å². The van der Waals surface area contributed by atoms with Gasteiger partial charge in [-0.25, -0.2) is 15.0 Å². The van der Waals surface area contributed by atoms with Gasteiger partial charge in [-0.1, -0.05) is 128 Å². The minimum atomic E-state index is -0.606. The van der Waals surface area contributed by atoms with Crippen molar-refractivity contribution in [2.45, 2.75) is 24.9 Å². The van der Waals surface area contributed by atoms with Crippen LogP contribution < -0.4 is 10.2 Å². The van der Waals surface area contributed by atoms with Crippen LogP contribution in [0.25, 0.3) is 66.5 Å². The number of para-hydroxylation sites is 2. The molecular weight excluding hydrogens is 741 g/mol. The molecule has 2 aliphatic carbocycles. The highest BCUT2D eigenvalue weighted by molar-refractivity contribution is 7.17. The average molecular weight is 775 g/mol. The van der Waals surface area contributed by atoms with Crippen molar-refractivity contribution in [1.29, 1.82) is 5.26 Å². The summed E-state index contributed by atoms with van der Waals surface area (Å²) in [5, 5.41) is 17.3. The summed E-state index contributed by atoms with van der Waals surface area (Å²) in [5.41, 5.74) is 15.9. The smallest absolute Gasteiger partial charge is 0.164 e. The number of benzene rings is 7. The lowest BCUT2D eigenvalue weighted by molar-refractivity contribution is 0.728. The summed E-state index contributed by atoms with van der Waals surface area (Å²) < 4.78 is 1.10. The van der Waals surface area contributed by atoms with E-state index in [9.17, 15) is 5.26 Å². The van der Waals surface area contributed by atoms with Crippen LogP contribution in [0.15, 0.2) is 163 Å². The first-order valence-electron chi connectivity index (χ1n) is 20.0. The maximum Gasteiger partial charge on any atom is 0.164 e. The van der Waals surface area contributed by atoms with Gasteiger partial charge >= 0.3 is 0 Å². The third-order valence-electron chi connectivity index (χ3n) is 12.4. The summed E-state index contributed by atoms with van der Waals surface area (Å²) in [6, 6.07) is 58.5. The first kappa shape index (κ1) is 33.7. The van der Waals surface area contributed by atoms with Gasteiger partial charge in [0.15, 0.2) is 17.5 Å². The molecule has 1 N–H and O–H groups in total. The second kappa shape index (κ2) is 12.8. The Morgan fingerprint density at radius 2 is 1.25 bits per heavy atom. The number of nitrogens with zero attached hydrogens (tertiary/aromatic N) is 5. The first-order valence-corrected chi connectivity index (χ1v) is 20.9. The highest BCUT2D eigenvalue weighted by atomic mass is 32.1. The summed E-state index contributed by atoms with van der Waals surface area (Å²) in [5.74, 6) is 1.84. The molecule has 0 saturated heterocycles. The van der Waals surface area contributed by atoms with Crippen LogP contribution in [0.4, 0.5) is 17.1 Å². The Bertz CT molecular complexity index is 3160. The fourth-order valence-corrected chi connectivity index (χ4v) is 10.8. The quantitative estimate of drug-likeness (QED) is 0.188. The molecule has 2 unspecified atom stereocenters. The van der Waals surface area contributed by atoms with Crippen molar-refractivity contribution in [2.75, 3.05) is 10.2 Å². The molecule has 2 atom stereocenters. The molecule has 0 bridgehead atoms. The van der Waals surface area contributed by atoms with Gasteiger partial charge in [0.25, 0.3) is 0 Å². The molecule has 0 saturated carbocycles. The van der Waals surface area contributed by atoms with Crippen molar-refractivity contribution in [1.82, 2.24) is 15.0 Å². The zero-order valence-electron chi connectivity index (χ0n) is 32.0. The van der Waals surface area contributed by atoms with E-state index in [0.29, 0.717) is 23.0 Å². The van der Waals surface area contributed by atoms with Gasteiger partial charge in [-0.2, -0.15) is 5.26 Å². The van der Waals surface area contributed by atoms with Crippen molar-refractivity contribution < 1.29 is 0 Å². The van der Waals surface area contributed by atoms with Gasteiger partial charge in [0.2, 0.25) is 0 Å². The standard InChI is InChI=1S/C52H34N6S/c1-2-46-54-43-19-11-12-20-44(43)58(46)35-22-24-40-37(28-35)36-17-9-10-18-39(36)52(40)41-23-21-33(27-38(41)48-42(52)25-26-45-47(48)34(29-53)30-59-45)51-56-49(31-13-5-3-6-14-31)55-50(57-51)32-15-7-4-8-16-32/h3-28,30,46,54H,2H2,1H3. The highest BCUT2D eigenvalue weighted by Gasteiger charge is 2.52. The molecule has 12 rings (SSSR count). The van der Waals surface area contributed by atoms with Crippen LogP contribution in [0, 0.1) is 11.3 Å². The summed E-state index contributed by atoms with van der Waals surface area (Å²) in [6.07, 6.45) is 1.10. The molecule has 0 fully saturated rings. The predicted octanol–water partition coefficient (Wildman–Crippen LogP) is 12.6. The van der Waals surface area contributed by atoms with Crippen LogP contribution in [0.2, 0.25) is 0 Å². The number of nitrogens with one attached hydrogen (secondary N) is 1. The summed E-state index contributed by atoms with van der Waals surface area (Å²) in [7, 11) is 0. The third kappa shape index (κ3) is 4.75. The molecule has 3 heterocycles. The Labute approximate surface area is 345 Å². The largest absolute Gasteiger partial charge is 0.363 e. The normalized spacial score (nSPS) is 16.6. The van der Waals surface area contributed by atoms with Crippen molar-refractivity contribution in [3.8, 4) is 62.5 Å². The molecule has 278 valence electrons. The van der Waals surface area contributed by atoms with Crippen LogP contribution in [-0.4, -0.2) is 21.1 Å². The molecular formula is C52H34N6S. The molecule has 7 aromatic carbocycles. The fourth-order valence-electron chi connectivity index (χ4n) is 9.93. The van der Waals surface area contributed by atoms with Gasteiger partial charge in [0.05, 0.1) is 22.4 Å². The number of aromatic nitrogens is 3. The molecule has 9 aromatic rings. The number of nitriles is 1. The SMILES string of the molecule is CCC1Nc2ccccc2N1c1ccc2c(c1)-c1ccccc1C21c2ccc(-c3nc(-c4ccccc4)nc(-c4ccccc4)n3)cc2-c2c1ccc1scc(C#N)c21. The van der Waals surface area contributed by atoms with Crippen LogP contribution >= 0.6 is 11.3 Å². The monoisotopic (exact) mass is 774 g/mol. The number of fused-ring (bicyclic) bond motifs is 13. The minimum Gasteiger partial charge on any atom is -0.363 e. The molecule has 0 amide bonds. The van der Waals surface area contributed by atoms with Crippen molar-refractivity contribution in [3.63, 3.8) is 0 Å². The molecule has 1 aliphatic heterocycles. The van der Waals surface area contributed by atoms with E-state index in [2.05, 4.69) is 120 Å².